The fourth-order valence-corrected chi connectivity index (χ4v) is 1.56. The second kappa shape index (κ2) is 5.94. The smallest absolute Gasteiger partial charge is 0.122 e. The van der Waals surface area contributed by atoms with E-state index in [2.05, 4.69) is 37.0 Å². The Morgan fingerprint density at radius 2 is 2.21 bits per heavy atom. The highest BCUT2D eigenvalue weighted by Crippen LogP contribution is 2.19. The van der Waals surface area contributed by atoms with Crippen LogP contribution in [0, 0.1) is 6.92 Å². The molecule has 0 aromatic heterocycles. The first-order valence-corrected chi connectivity index (χ1v) is 5.36. The number of aryl methyl sites for hydroxylation is 1. The van der Waals surface area contributed by atoms with E-state index >= 15 is 0 Å². The van der Waals surface area contributed by atoms with E-state index in [4.69, 9.17) is 4.74 Å². The third kappa shape index (κ3) is 3.24. The van der Waals surface area contributed by atoms with Crippen molar-refractivity contribution in [1.82, 2.24) is 5.32 Å². The molecule has 0 bridgehead atoms. The van der Waals surface area contributed by atoms with Gasteiger partial charge in [0.05, 0.1) is 7.11 Å². The van der Waals surface area contributed by atoms with Crippen LogP contribution in [-0.4, -0.2) is 19.5 Å². The van der Waals surface area contributed by atoms with Gasteiger partial charge in [0.25, 0.3) is 0 Å². The zero-order chi connectivity index (χ0) is 10.4. The third-order valence-corrected chi connectivity index (χ3v) is 2.34. The summed E-state index contributed by atoms with van der Waals surface area (Å²) in [6.07, 6.45) is 0.978. The number of nitrogens with one attached hydrogen (secondary N) is 1. The maximum Gasteiger partial charge on any atom is 0.122 e. The van der Waals surface area contributed by atoms with Crippen LogP contribution < -0.4 is 10.1 Å². The summed E-state index contributed by atoms with van der Waals surface area (Å²) in [5.41, 5.74) is 2.52. The predicted molar refractivity (Wildman–Crippen MR) is 63.3 cm³/mol. The van der Waals surface area contributed by atoms with E-state index in [9.17, 15) is 0 Å². The molecule has 1 N–H and O–H groups in total. The molecule has 0 aliphatic carbocycles. The van der Waals surface area contributed by atoms with Crippen molar-refractivity contribution in [2.24, 2.45) is 0 Å². The van der Waals surface area contributed by atoms with Crippen LogP contribution >= 0.6 is 12.6 Å². The highest BCUT2D eigenvalue weighted by molar-refractivity contribution is 7.80. The Morgan fingerprint density at radius 1 is 1.43 bits per heavy atom. The minimum Gasteiger partial charge on any atom is -0.496 e. The Bertz CT molecular complexity index is 289. The SMILES string of the molecule is COc1ccc(C)cc1CCNCS. The van der Waals surface area contributed by atoms with Crippen LogP contribution in [0.2, 0.25) is 0 Å². The second-order valence-corrected chi connectivity index (χ2v) is 3.54. The number of ether oxygens (including phenoxy) is 1. The molecule has 0 aliphatic rings. The highest BCUT2D eigenvalue weighted by atomic mass is 32.1. The first kappa shape index (κ1) is 11.4. The Labute approximate surface area is 91.1 Å². The molecule has 1 aromatic rings. The van der Waals surface area contributed by atoms with Crippen LogP contribution in [0.1, 0.15) is 11.1 Å². The van der Waals surface area contributed by atoms with E-state index in [0.717, 1.165) is 18.7 Å². The Balaban J connectivity index is 2.67. The Kier molecular flexibility index (Phi) is 4.84. The first-order chi connectivity index (χ1) is 6.77. The normalized spacial score (nSPS) is 10.2. The summed E-state index contributed by atoms with van der Waals surface area (Å²) < 4.78 is 5.28. The molecule has 0 aliphatic heterocycles. The lowest BCUT2D eigenvalue weighted by Gasteiger charge is -2.09. The van der Waals surface area contributed by atoms with Crippen LogP contribution in [0.25, 0.3) is 0 Å². The first-order valence-electron chi connectivity index (χ1n) is 4.73. The lowest BCUT2D eigenvalue weighted by molar-refractivity contribution is 0.409. The van der Waals surface area contributed by atoms with Gasteiger partial charge < -0.3 is 10.1 Å². The van der Waals surface area contributed by atoms with Gasteiger partial charge >= 0.3 is 0 Å². The van der Waals surface area contributed by atoms with Crippen molar-refractivity contribution in [2.75, 3.05) is 19.5 Å². The van der Waals surface area contributed by atoms with E-state index in [0.29, 0.717) is 5.88 Å². The topological polar surface area (TPSA) is 21.3 Å². The summed E-state index contributed by atoms with van der Waals surface area (Å²) >= 11 is 4.09. The lowest BCUT2D eigenvalue weighted by Crippen LogP contribution is -2.15. The van der Waals surface area contributed by atoms with E-state index in [-0.39, 0.29) is 0 Å². The monoisotopic (exact) mass is 211 g/mol. The quantitative estimate of drug-likeness (QED) is 0.442. The van der Waals surface area contributed by atoms with Crippen molar-refractivity contribution in [3.8, 4) is 5.75 Å². The van der Waals surface area contributed by atoms with Gasteiger partial charge in [-0.2, -0.15) is 12.6 Å². The Hall–Kier alpha value is -0.670. The van der Waals surface area contributed by atoms with Crippen LogP contribution in [0.3, 0.4) is 0 Å². The van der Waals surface area contributed by atoms with Crippen molar-refractivity contribution < 1.29 is 4.74 Å². The molecule has 3 heteroatoms. The van der Waals surface area contributed by atoms with Gasteiger partial charge in [0.2, 0.25) is 0 Å². The van der Waals surface area contributed by atoms with Crippen LogP contribution in [0.4, 0.5) is 0 Å². The number of methoxy groups -OCH3 is 1. The minimum absolute atomic E-state index is 0.716. The summed E-state index contributed by atoms with van der Waals surface area (Å²) in [5, 5.41) is 3.18. The molecule has 2 nitrogen and oxygen atoms in total. The summed E-state index contributed by atoms with van der Waals surface area (Å²) in [6.45, 7) is 3.03. The highest BCUT2D eigenvalue weighted by Gasteiger charge is 2.01. The molecule has 1 rings (SSSR count). The van der Waals surface area contributed by atoms with Crippen LogP contribution in [-0.2, 0) is 6.42 Å². The molecule has 78 valence electrons. The summed E-state index contributed by atoms with van der Waals surface area (Å²) in [4.78, 5) is 0. The van der Waals surface area contributed by atoms with Gasteiger partial charge in [0.15, 0.2) is 0 Å². The maximum atomic E-state index is 5.28. The zero-order valence-corrected chi connectivity index (χ0v) is 9.60. The molecule has 0 radical (unpaired) electrons. The van der Waals surface area contributed by atoms with Gasteiger partial charge in [0, 0.05) is 12.4 Å². The third-order valence-electron chi connectivity index (χ3n) is 2.12. The van der Waals surface area contributed by atoms with E-state index in [1.54, 1.807) is 7.11 Å². The van der Waals surface area contributed by atoms with Crippen LogP contribution in [0.15, 0.2) is 18.2 Å². The lowest BCUT2D eigenvalue weighted by atomic mass is 10.1. The molecule has 0 spiro atoms. The molecule has 14 heavy (non-hydrogen) atoms. The predicted octanol–water partition coefficient (Wildman–Crippen LogP) is 2.02. The van der Waals surface area contributed by atoms with Gasteiger partial charge in [0.1, 0.15) is 5.75 Å². The molecule has 0 fully saturated rings. The summed E-state index contributed by atoms with van der Waals surface area (Å²) in [6, 6.07) is 6.25. The van der Waals surface area contributed by atoms with Crippen molar-refractivity contribution in [2.45, 2.75) is 13.3 Å². The standard InChI is InChI=1S/C11H17NOS/c1-9-3-4-11(13-2)10(7-9)5-6-12-8-14/h3-4,7,12,14H,5-6,8H2,1-2H3. The van der Waals surface area contributed by atoms with Gasteiger partial charge in [-0.25, -0.2) is 0 Å². The second-order valence-electron chi connectivity index (χ2n) is 3.22. The van der Waals surface area contributed by atoms with Crippen LogP contribution in [0.5, 0.6) is 5.75 Å². The largest absolute Gasteiger partial charge is 0.496 e. The average molecular weight is 211 g/mol. The number of benzene rings is 1. The van der Waals surface area contributed by atoms with Crippen molar-refractivity contribution in [1.29, 1.82) is 0 Å². The van der Waals surface area contributed by atoms with E-state index < -0.39 is 0 Å². The summed E-state index contributed by atoms with van der Waals surface area (Å²) in [7, 11) is 1.71. The maximum absolute atomic E-state index is 5.28. The van der Waals surface area contributed by atoms with Crippen molar-refractivity contribution in [3.05, 3.63) is 29.3 Å². The number of hydrogen-bond acceptors (Lipinski definition) is 3. The van der Waals surface area contributed by atoms with E-state index in [1.165, 1.54) is 11.1 Å². The number of rotatable bonds is 5. The van der Waals surface area contributed by atoms with Gasteiger partial charge in [-0.3, -0.25) is 0 Å². The molecule has 0 amide bonds. The number of hydrogen-bond donors (Lipinski definition) is 2. The molecule has 1 aromatic carbocycles. The van der Waals surface area contributed by atoms with E-state index in [1.807, 2.05) is 6.07 Å². The van der Waals surface area contributed by atoms with Crippen molar-refractivity contribution >= 4 is 12.6 Å². The fraction of sp³-hybridized carbons (Fsp3) is 0.455. The minimum atomic E-state index is 0.716. The van der Waals surface area contributed by atoms with Gasteiger partial charge in [-0.05, 0) is 25.0 Å². The number of thiol groups is 1. The molecule has 0 unspecified atom stereocenters. The zero-order valence-electron chi connectivity index (χ0n) is 8.71. The fourth-order valence-electron chi connectivity index (χ4n) is 1.40. The molecule has 0 saturated carbocycles. The summed E-state index contributed by atoms with van der Waals surface area (Å²) in [5.74, 6) is 1.69. The van der Waals surface area contributed by atoms with Gasteiger partial charge in [-0.1, -0.05) is 17.7 Å². The van der Waals surface area contributed by atoms with Crippen molar-refractivity contribution in [3.63, 3.8) is 0 Å². The average Bonchev–Trinajstić information content (AvgIpc) is 2.19. The Morgan fingerprint density at radius 3 is 2.86 bits per heavy atom. The molecular weight excluding hydrogens is 194 g/mol. The van der Waals surface area contributed by atoms with Gasteiger partial charge in [-0.15, -0.1) is 0 Å². The molecule has 0 atom stereocenters. The molecule has 0 heterocycles. The molecule has 0 saturated heterocycles. The molecular formula is C11H17NOS.